The lowest BCUT2D eigenvalue weighted by molar-refractivity contribution is 0.120. The Hall–Kier alpha value is -1.13. The molecule has 1 aromatic rings. The first-order chi connectivity index (χ1) is 10.0. The zero-order chi connectivity index (χ0) is 15.2. The molecule has 1 fully saturated rings. The van der Waals surface area contributed by atoms with Crippen LogP contribution in [0.3, 0.4) is 0 Å². The summed E-state index contributed by atoms with van der Waals surface area (Å²) in [6.07, 6.45) is 2.00. The number of piperidine rings is 1. The van der Waals surface area contributed by atoms with Crippen LogP contribution in [0.4, 0.5) is 0 Å². The zero-order valence-corrected chi connectivity index (χ0v) is 13.9. The van der Waals surface area contributed by atoms with Gasteiger partial charge in [0.1, 0.15) is 12.4 Å². The molecule has 0 bridgehead atoms. The van der Waals surface area contributed by atoms with E-state index in [1.54, 1.807) is 0 Å². The average molecular weight is 306 g/mol. The van der Waals surface area contributed by atoms with Crippen LogP contribution in [0.1, 0.15) is 25.8 Å². The highest BCUT2D eigenvalue weighted by Crippen LogP contribution is 2.20. The summed E-state index contributed by atoms with van der Waals surface area (Å²) in [5.41, 5.74) is 6.68. The number of rotatable bonds is 6. The van der Waals surface area contributed by atoms with Gasteiger partial charge in [-0.3, -0.25) is 4.90 Å². The highest BCUT2D eigenvalue weighted by atomic mass is 32.1. The van der Waals surface area contributed by atoms with Crippen LogP contribution in [-0.2, 0) is 6.42 Å². The lowest BCUT2D eigenvalue weighted by atomic mass is 9.92. The predicted octanol–water partition coefficient (Wildman–Crippen LogP) is 2.87. The summed E-state index contributed by atoms with van der Waals surface area (Å²) in [6, 6.07) is 8.04. The number of benzene rings is 1. The van der Waals surface area contributed by atoms with E-state index in [2.05, 4.69) is 18.7 Å². The summed E-state index contributed by atoms with van der Waals surface area (Å²) in [5.74, 6) is 2.51. The Bertz CT molecular complexity index is 450. The maximum atomic E-state index is 5.83. The third kappa shape index (κ3) is 5.64. The Morgan fingerprint density at radius 2 is 1.86 bits per heavy atom. The summed E-state index contributed by atoms with van der Waals surface area (Å²) < 4.78 is 5.83. The molecule has 0 saturated carbocycles. The van der Waals surface area contributed by atoms with Crippen LogP contribution in [0.2, 0.25) is 0 Å². The van der Waals surface area contributed by atoms with E-state index in [-0.39, 0.29) is 0 Å². The smallest absolute Gasteiger partial charge is 0.119 e. The minimum absolute atomic E-state index is 0.525. The molecular formula is C17H26N2OS. The van der Waals surface area contributed by atoms with Crippen molar-refractivity contribution in [3.8, 4) is 5.75 Å². The molecule has 4 heteroatoms. The van der Waals surface area contributed by atoms with Crippen molar-refractivity contribution < 1.29 is 4.74 Å². The topological polar surface area (TPSA) is 38.5 Å². The summed E-state index contributed by atoms with van der Waals surface area (Å²) in [7, 11) is 0. The molecule has 0 amide bonds. The van der Waals surface area contributed by atoms with Crippen molar-refractivity contribution in [2.75, 3.05) is 26.2 Å². The van der Waals surface area contributed by atoms with Crippen molar-refractivity contribution in [3.63, 3.8) is 0 Å². The summed E-state index contributed by atoms with van der Waals surface area (Å²) in [5, 5.41) is 0. The van der Waals surface area contributed by atoms with Gasteiger partial charge in [0.15, 0.2) is 0 Å². The number of likely N-dealkylation sites (tertiary alicyclic amines) is 1. The fourth-order valence-corrected chi connectivity index (χ4v) is 3.34. The van der Waals surface area contributed by atoms with Gasteiger partial charge in [0.05, 0.1) is 4.99 Å². The van der Waals surface area contributed by atoms with Gasteiger partial charge < -0.3 is 10.5 Å². The molecule has 1 saturated heterocycles. The Morgan fingerprint density at radius 3 is 2.43 bits per heavy atom. The van der Waals surface area contributed by atoms with E-state index in [1.165, 1.54) is 19.5 Å². The zero-order valence-electron chi connectivity index (χ0n) is 13.0. The average Bonchev–Trinajstić information content (AvgIpc) is 2.39. The van der Waals surface area contributed by atoms with E-state index >= 15 is 0 Å². The minimum atomic E-state index is 0.525. The minimum Gasteiger partial charge on any atom is -0.492 e. The summed E-state index contributed by atoms with van der Waals surface area (Å²) in [6.45, 7) is 8.81. The van der Waals surface area contributed by atoms with Gasteiger partial charge in [0.25, 0.3) is 0 Å². The highest BCUT2D eigenvalue weighted by Gasteiger charge is 2.21. The van der Waals surface area contributed by atoms with Crippen molar-refractivity contribution in [1.82, 2.24) is 4.90 Å². The Balaban J connectivity index is 1.74. The van der Waals surface area contributed by atoms with E-state index < -0.39 is 0 Å². The van der Waals surface area contributed by atoms with Gasteiger partial charge in [0, 0.05) is 26.1 Å². The van der Waals surface area contributed by atoms with Gasteiger partial charge in [-0.1, -0.05) is 38.2 Å². The molecule has 2 rings (SSSR count). The number of hydrogen-bond acceptors (Lipinski definition) is 3. The molecule has 1 heterocycles. The van der Waals surface area contributed by atoms with Crippen LogP contribution < -0.4 is 10.5 Å². The number of thiocarbonyl (C=S) groups is 1. The molecule has 0 aromatic heterocycles. The van der Waals surface area contributed by atoms with E-state index in [1.807, 2.05) is 24.3 Å². The normalized spacial score (nSPS) is 23.0. The molecule has 1 aliphatic heterocycles. The number of ether oxygens (including phenoxy) is 1. The Labute approximate surface area is 133 Å². The Kier molecular flexibility index (Phi) is 6.00. The third-order valence-electron chi connectivity index (χ3n) is 3.92. The molecule has 1 aromatic carbocycles. The highest BCUT2D eigenvalue weighted by molar-refractivity contribution is 7.80. The quantitative estimate of drug-likeness (QED) is 0.820. The second-order valence-corrected chi connectivity index (χ2v) is 6.87. The fourth-order valence-electron chi connectivity index (χ4n) is 3.17. The second-order valence-electron chi connectivity index (χ2n) is 6.34. The first-order valence-electron chi connectivity index (χ1n) is 7.75. The standard InChI is InChI=1S/C17H26N2OS/c1-13-9-14(2)12-19(11-13)7-8-20-16-5-3-15(4-6-16)10-17(18)21/h3-6,13-14H,7-12H2,1-2H3,(H2,18,21). The lowest BCUT2D eigenvalue weighted by Gasteiger charge is -2.34. The van der Waals surface area contributed by atoms with Crippen LogP contribution >= 0.6 is 12.2 Å². The van der Waals surface area contributed by atoms with Crippen molar-refractivity contribution >= 4 is 17.2 Å². The van der Waals surface area contributed by atoms with Crippen LogP contribution in [0.15, 0.2) is 24.3 Å². The maximum Gasteiger partial charge on any atom is 0.119 e. The first kappa shape index (κ1) is 16.2. The molecular weight excluding hydrogens is 280 g/mol. The molecule has 3 nitrogen and oxygen atoms in total. The van der Waals surface area contributed by atoms with Gasteiger partial charge in [0.2, 0.25) is 0 Å². The molecule has 0 radical (unpaired) electrons. The maximum absolute atomic E-state index is 5.83. The fraction of sp³-hybridized carbons (Fsp3) is 0.588. The van der Waals surface area contributed by atoms with Gasteiger partial charge in [-0.25, -0.2) is 0 Å². The first-order valence-corrected chi connectivity index (χ1v) is 8.16. The van der Waals surface area contributed by atoms with Crippen molar-refractivity contribution in [1.29, 1.82) is 0 Å². The number of hydrogen-bond donors (Lipinski definition) is 1. The monoisotopic (exact) mass is 306 g/mol. The van der Waals surface area contributed by atoms with Crippen molar-refractivity contribution in [2.45, 2.75) is 26.7 Å². The number of nitrogens with zero attached hydrogens (tertiary/aromatic N) is 1. The lowest BCUT2D eigenvalue weighted by Crippen LogP contribution is -2.40. The van der Waals surface area contributed by atoms with Gasteiger partial charge in [-0.15, -0.1) is 0 Å². The molecule has 2 atom stereocenters. The van der Waals surface area contributed by atoms with Gasteiger partial charge >= 0.3 is 0 Å². The van der Waals surface area contributed by atoms with Gasteiger partial charge in [-0.2, -0.15) is 0 Å². The SMILES string of the molecule is CC1CC(C)CN(CCOc2ccc(CC(N)=S)cc2)C1. The van der Waals surface area contributed by atoms with E-state index in [4.69, 9.17) is 22.7 Å². The molecule has 1 aliphatic rings. The Morgan fingerprint density at radius 1 is 1.24 bits per heavy atom. The van der Waals surface area contributed by atoms with Crippen LogP contribution in [0.5, 0.6) is 5.75 Å². The van der Waals surface area contributed by atoms with Crippen LogP contribution in [0.25, 0.3) is 0 Å². The molecule has 2 N–H and O–H groups in total. The molecule has 2 unspecified atom stereocenters. The summed E-state index contributed by atoms with van der Waals surface area (Å²) in [4.78, 5) is 3.04. The largest absolute Gasteiger partial charge is 0.492 e. The van der Waals surface area contributed by atoms with E-state index in [0.717, 1.165) is 36.3 Å². The van der Waals surface area contributed by atoms with Gasteiger partial charge in [-0.05, 0) is 36.0 Å². The molecule has 0 aliphatic carbocycles. The van der Waals surface area contributed by atoms with Crippen molar-refractivity contribution in [3.05, 3.63) is 29.8 Å². The summed E-state index contributed by atoms with van der Waals surface area (Å²) >= 11 is 4.91. The second kappa shape index (κ2) is 7.76. The predicted molar refractivity (Wildman–Crippen MR) is 91.8 cm³/mol. The molecule has 116 valence electrons. The van der Waals surface area contributed by atoms with Crippen LogP contribution in [-0.4, -0.2) is 36.1 Å². The van der Waals surface area contributed by atoms with Crippen LogP contribution in [0, 0.1) is 11.8 Å². The number of nitrogens with two attached hydrogens (primary N) is 1. The van der Waals surface area contributed by atoms with E-state index in [9.17, 15) is 0 Å². The third-order valence-corrected chi connectivity index (χ3v) is 4.07. The molecule has 21 heavy (non-hydrogen) atoms. The molecule has 0 spiro atoms. The van der Waals surface area contributed by atoms with Crippen molar-refractivity contribution in [2.24, 2.45) is 17.6 Å². The van der Waals surface area contributed by atoms with E-state index in [0.29, 0.717) is 11.4 Å².